The normalized spacial score (nSPS) is 21.9. The molecule has 1 rings (SSSR count). The summed E-state index contributed by atoms with van der Waals surface area (Å²) in [4.78, 5) is 4.86. The lowest BCUT2D eigenvalue weighted by Crippen LogP contribution is -2.54. The van der Waals surface area contributed by atoms with Gasteiger partial charge in [0.25, 0.3) is 0 Å². The first-order valence-corrected chi connectivity index (χ1v) is 5.59. The van der Waals surface area contributed by atoms with Crippen LogP contribution in [0.4, 0.5) is 0 Å². The van der Waals surface area contributed by atoms with E-state index in [2.05, 4.69) is 37.7 Å². The molecule has 0 aromatic carbocycles. The molecule has 0 aromatic rings. The van der Waals surface area contributed by atoms with Crippen LogP contribution < -0.4 is 5.73 Å². The third-order valence-electron chi connectivity index (χ3n) is 3.55. The molecule has 14 heavy (non-hydrogen) atoms. The fourth-order valence-corrected chi connectivity index (χ4v) is 2.12. The molecule has 3 nitrogen and oxygen atoms in total. The SMILES string of the molecule is CN(C)C1CCN(C(C)(C)CN)CC1. The first-order chi connectivity index (χ1) is 6.47. The van der Waals surface area contributed by atoms with Crippen LogP contribution in [0.1, 0.15) is 26.7 Å². The van der Waals surface area contributed by atoms with Crippen LogP contribution in [0.15, 0.2) is 0 Å². The van der Waals surface area contributed by atoms with Crippen LogP contribution in [-0.2, 0) is 0 Å². The van der Waals surface area contributed by atoms with E-state index in [-0.39, 0.29) is 5.54 Å². The molecular weight excluding hydrogens is 174 g/mol. The van der Waals surface area contributed by atoms with E-state index in [4.69, 9.17) is 5.73 Å². The van der Waals surface area contributed by atoms with Gasteiger partial charge in [-0.05, 0) is 40.8 Å². The van der Waals surface area contributed by atoms with E-state index in [0.717, 1.165) is 12.6 Å². The molecule has 3 heteroatoms. The standard InChI is InChI=1S/C11H25N3/c1-11(2,9-12)14-7-5-10(6-8-14)13(3)4/h10H,5-9,12H2,1-4H3. The Kier molecular flexibility index (Phi) is 3.93. The Labute approximate surface area is 88.2 Å². The topological polar surface area (TPSA) is 32.5 Å². The molecule has 1 heterocycles. The number of hydrogen-bond acceptors (Lipinski definition) is 3. The molecule has 1 saturated heterocycles. The molecule has 0 radical (unpaired) electrons. The van der Waals surface area contributed by atoms with E-state index in [0.29, 0.717) is 0 Å². The van der Waals surface area contributed by atoms with Crippen LogP contribution in [0, 0.1) is 0 Å². The van der Waals surface area contributed by atoms with Crippen LogP contribution >= 0.6 is 0 Å². The van der Waals surface area contributed by atoms with E-state index >= 15 is 0 Å². The second-order valence-corrected chi connectivity index (χ2v) is 5.20. The molecule has 0 saturated carbocycles. The summed E-state index contributed by atoms with van der Waals surface area (Å²) in [5, 5.41) is 0. The molecule has 0 amide bonds. The van der Waals surface area contributed by atoms with Crippen molar-refractivity contribution >= 4 is 0 Å². The smallest absolute Gasteiger partial charge is 0.0275 e. The summed E-state index contributed by atoms with van der Waals surface area (Å²) < 4.78 is 0. The minimum Gasteiger partial charge on any atom is -0.329 e. The van der Waals surface area contributed by atoms with Gasteiger partial charge < -0.3 is 10.6 Å². The summed E-state index contributed by atoms with van der Waals surface area (Å²) in [6.07, 6.45) is 2.55. The number of piperidine rings is 1. The Morgan fingerprint density at radius 1 is 1.29 bits per heavy atom. The van der Waals surface area contributed by atoms with Crippen molar-refractivity contribution in [2.45, 2.75) is 38.3 Å². The summed E-state index contributed by atoms with van der Waals surface area (Å²) in [5.41, 5.74) is 5.96. The van der Waals surface area contributed by atoms with Crippen LogP contribution in [0.3, 0.4) is 0 Å². The van der Waals surface area contributed by atoms with Gasteiger partial charge in [-0.2, -0.15) is 0 Å². The molecule has 1 aliphatic heterocycles. The van der Waals surface area contributed by atoms with Gasteiger partial charge in [0.1, 0.15) is 0 Å². The van der Waals surface area contributed by atoms with Gasteiger partial charge >= 0.3 is 0 Å². The minimum atomic E-state index is 0.178. The molecule has 1 aliphatic rings. The largest absolute Gasteiger partial charge is 0.329 e. The molecule has 0 unspecified atom stereocenters. The maximum atomic E-state index is 5.78. The van der Waals surface area contributed by atoms with Crippen LogP contribution in [-0.4, -0.2) is 55.1 Å². The highest BCUT2D eigenvalue weighted by Gasteiger charge is 2.29. The zero-order valence-corrected chi connectivity index (χ0v) is 10.1. The number of nitrogens with zero attached hydrogens (tertiary/aromatic N) is 2. The maximum absolute atomic E-state index is 5.78. The average molecular weight is 199 g/mol. The zero-order valence-electron chi connectivity index (χ0n) is 10.1. The highest BCUT2D eigenvalue weighted by molar-refractivity contribution is 4.87. The highest BCUT2D eigenvalue weighted by atomic mass is 15.2. The summed E-state index contributed by atoms with van der Waals surface area (Å²) >= 11 is 0. The lowest BCUT2D eigenvalue weighted by atomic mass is 9.96. The average Bonchev–Trinajstić information content (AvgIpc) is 2.18. The number of hydrogen-bond donors (Lipinski definition) is 1. The first kappa shape index (κ1) is 12.0. The molecule has 0 bridgehead atoms. The molecule has 0 spiro atoms. The fraction of sp³-hybridized carbons (Fsp3) is 1.00. The van der Waals surface area contributed by atoms with Crippen LogP contribution in [0.25, 0.3) is 0 Å². The van der Waals surface area contributed by atoms with Gasteiger partial charge in [0.15, 0.2) is 0 Å². The Morgan fingerprint density at radius 2 is 1.79 bits per heavy atom. The van der Waals surface area contributed by atoms with Gasteiger partial charge in [0.2, 0.25) is 0 Å². The van der Waals surface area contributed by atoms with Gasteiger partial charge in [-0.3, -0.25) is 4.90 Å². The number of likely N-dealkylation sites (tertiary alicyclic amines) is 1. The highest BCUT2D eigenvalue weighted by Crippen LogP contribution is 2.21. The zero-order chi connectivity index (χ0) is 10.8. The molecule has 84 valence electrons. The number of nitrogens with two attached hydrogens (primary N) is 1. The third kappa shape index (κ3) is 2.69. The Hall–Kier alpha value is -0.120. The minimum absolute atomic E-state index is 0.178. The second-order valence-electron chi connectivity index (χ2n) is 5.20. The molecule has 0 aromatic heterocycles. The van der Waals surface area contributed by atoms with E-state index in [1.165, 1.54) is 25.9 Å². The van der Waals surface area contributed by atoms with Gasteiger partial charge in [0.05, 0.1) is 0 Å². The maximum Gasteiger partial charge on any atom is 0.0275 e. The summed E-state index contributed by atoms with van der Waals surface area (Å²) in [6.45, 7) is 7.60. The predicted molar refractivity (Wildman–Crippen MR) is 61.4 cm³/mol. The monoisotopic (exact) mass is 199 g/mol. The Morgan fingerprint density at radius 3 is 2.14 bits per heavy atom. The van der Waals surface area contributed by atoms with Crippen molar-refractivity contribution < 1.29 is 0 Å². The quantitative estimate of drug-likeness (QED) is 0.728. The third-order valence-corrected chi connectivity index (χ3v) is 3.55. The predicted octanol–water partition coefficient (Wildman–Crippen LogP) is 0.750. The van der Waals surface area contributed by atoms with Gasteiger partial charge in [0, 0.05) is 31.2 Å². The van der Waals surface area contributed by atoms with Crippen molar-refractivity contribution in [3.63, 3.8) is 0 Å². The molecule has 0 atom stereocenters. The fourth-order valence-electron chi connectivity index (χ4n) is 2.12. The van der Waals surface area contributed by atoms with E-state index in [1.807, 2.05) is 0 Å². The van der Waals surface area contributed by atoms with Gasteiger partial charge in [-0.25, -0.2) is 0 Å². The van der Waals surface area contributed by atoms with Crippen molar-refractivity contribution in [1.29, 1.82) is 0 Å². The van der Waals surface area contributed by atoms with E-state index < -0.39 is 0 Å². The molecule has 2 N–H and O–H groups in total. The van der Waals surface area contributed by atoms with Gasteiger partial charge in [-0.1, -0.05) is 0 Å². The van der Waals surface area contributed by atoms with Gasteiger partial charge in [-0.15, -0.1) is 0 Å². The molecule has 0 aliphatic carbocycles. The van der Waals surface area contributed by atoms with Crippen molar-refractivity contribution in [3.05, 3.63) is 0 Å². The Bertz CT molecular complexity index is 169. The van der Waals surface area contributed by atoms with Crippen molar-refractivity contribution in [2.24, 2.45) is 5.73 Å². The lowest BCUT2D eigenvalue weighted by Gasteiger charge is -2.43. The Balaban J connectivity index is 2.43. The van der Waals surface area contributed by atoms with Crippen LogP contribution in [0.5, 0.6) is 0 Å². The van der Waals surface area contributed by atoms with E-state index in [1.54, 1.807) is 0 Å². The second kappa shape index (κ2) is 4.60. The summed E-state index contributed by atoms with van der Waals surface area (Å²) in [5.74, 6) is 0. The van der Waals surface area contributed by atoms with Crippen LogP contribution in [0.2, 0.25) is 0 Å². The van der Waals surface area contributed by atoms with Crippen molar-refractivity contribution in [1.82, 2.24) is 9.80 Å². The number of rotatable bonds is 3. The van der Waals surface area contributed by atoms with E-state index in [9.17, 15) is 0 Å². The molecular formula is C11H25N3. The molecule has 1 fully saturated rings. The van der Waals surface area contributed by atoms with Crippen molar-refractivity contribution in [3.8, 4) is 0 Å². The lowest BCUT2D eigenvalue weighted by molar-refractivity contribution is 0.0670. The summed E-state index contributed by atoms with van der Waals surface area (Å²) in [7, 11) is 4.35. The van der Waals surface area contributed by atoms with Crippen molar-refractivity contribution in [2.75, 3.05) is 33.7 Å². The summed E-state index contributed by atoms with van der Waals surface area (Å²) in [6, 6.07) is 0.764. The first-order valence-electron chi connectivity index (χ1n) is 5.59.